The number of carbonyl (C=O) groups excluding carboxylic acids is 1. The maximum Gasteiger partial charge on any atom is 3.00 e. The van der Waals surface area contributed by atoms with E-state index in [1.807, 2.05) is 158 Å². The van der Waals surface area contributed by atoms with Gasteiger partial charge in [-0.1, -0.05) is 150 Å². The molecule has 7 aromatic heterocycles. The first-order valence-corrected chi connectivity index (χ1v) is 33.6. The Hall–Kier alpha value is -10.4. The SMILES string of the molecule is CC(=O)C=CO.CN1C=CN(c2[c-]cc(F)cc2)[CH-]1.CN1[CH-]N(c2[c-]cccc2)c2ccccc21.Fc1c[c-]c(-c2ccccn2)c(F)c1.O=C(O)c1ccccn1.[2H]c1c([2H])c([2H])c(-c2cnc(-c3[c-]ccc4ccccc34)cc2C)c([2H])c1[2H].[Ir+3].[Ir].[Ir].[Ir].[Ir].[c-]1c(-c2ccccn2)sc2ccccc12.c1ccc(-c2ccn[n-]2)nc1. The summed E-state index contributed by atoms with van der Waals surface area (Å²) in [6.07, 6.45) is 15.4. The minimum Gasteiger partial charge on any atom is -0.574 e. The number of para-hydroxylation sites is 3. The maximum absolute atomic E-state index is 13.2. The van der Waals surface area contributed by atoms with Gasteiger partial charge in [0.2, 0.25) is 0 Å². The number of halogens is 3. The number of carbonyl (C=O) groups is 2. The first kappa shape index (κ1) is 84.1. The van der Waals surface area contributed by atoms with Gasteiger partial charge in [-0.25, -0.2) is 21.1 Å². The van der Waals surface area contributed by atoms with E-state index in [9.17, 15) is 22.8 Å². The molecule has 0 unspecified atom stereocenters. The van der Waals surface area contributed by atoms with E-state index in [4.69, 9.17) is 17.1 Å². The topological polar surface area (TPSA) is 179 Å². The number of carboxylic acids is 1. The molecule has 0 bridgehead atoms. The van der Waals surface area contributed by atoms with Gasteiger partial charge in [0.15, 0.2) is 5.78 Å². The second kappa shape index (κ2) is 48.4. The molecule has 0 fully saturated rings. The van der Waals surface area contributed by atoms with Gasteiger partial charge in [-0.05, 0) is 121 Å². The number of aliphatic hydroxyl groups is 1. The van der Waals surface area contributed by atoms with E-state index in [1.165, 1.54) is 52.8 Å². The van der Waals surface area contributed by atoms with E-state index >= 15 is 0 Å². The Morgan fingerprint density at radius 2 is 1.23 bits per heavy atom. The first-order valence-electron chi connectivity index (χ1n) is 35.3. The number of allylic oxidation sites excluding steroid dienone is 1. The molecule has 0 saturated heterocycles. The number of benzene rings is 8. The number of aromatic carboxylic acids is 1. The summed E-state index contributed by atoms with van der Waals surface area (Å²) in [6.45, 7) is 7.19. The van der Waals surface area contributed by atoms with Gasteiger partial charge in [0.25, 0.3) is 0 Å². The van der Waals surface area contributed by atoms with Crippen molar-refractivity contribution in [3.8, 4) is 55.6 Å². The zero-order valence-electron chi connectivity index (χ0n) is 64.6. The number of ketones is 1. The molecule has 0 spiro atoms. The van der Waals surface area contributed by atoms with Gasteiger partial charge in [0.1, 0.15) is 5.69 Å². The molecule has 17 rings (SSSR count). The predicted molar refractivity (Wildman–Crippen MR) is 418 cm³/mol. The normalized spacial score (nSPS) is 11.5. The third kappa shape index (κ3) is 27.5. The van der Waals surface area contributed by atoms with Crippen LogP contribution >= 0.6 is 11.3 Å². The molecular weight excluding hydrogens is 2330 g/mol. The average molecular weight is 2400 g/mol. The Morgan fingerprint density at radius 1 is 0.589 bits per heavy atom. The molecule has 0 amide bonds. The van der Waals surface area contributed by atoms with Crippen molar-refractivity contribution >= 4 is 66.7 Å². The summed E-state index contributed by atoms with van der Waals surface area (Å²) in [5, 5.41) is 27.0. The van der Waals surface area contributed by atoms with Crippen LogP contribution in [0.15, 0.2) is 317 Å². The molecule has 8 aromatic carbocycles. The summed E-state index contributed by atoms with van der Waals surface area (Å²) in [7, 11) is 3.99. The number of aromatic nitrogens is 7. The summed E-state index contributed by atoms with van der Waals surface area (Å²) in [4.78, 5) is 49.6. The van der Waals surface area contributed by atoms with Crippen LogP contribution in [0.2, 0.25) is 0 Å². The van der Waals surface area contributed by atoms with Crippen molar-refractivity contribution in [2.24, 2.45) is 0 Å². The number of nitrogens with zero attached hydrogens (tertiary/aromatic N) is 11. The van der Waals surface area contributed by atoms with Crippen LogP contribution in [0.25, 0.3) is 76.5 Å². The van der Waals surface area contributed by atoms with Gasteiger partial charge in [0.05, 0.1) is 13.1 Å². The summed E-state index contributed by atoms with van der Waals surface area (Å²) in [5.41, 5.74) is 10.8. The van der Waals surface area contributed by atoms with Crippen LogP contribution in [0, 0.1) is 68.0 Å². The summed E-state index contributed by atoms with van der Waals surface area (Å²) in [6, 6.07) is 81.7. The van der Waals surface area contributed by atoms with E-state index in [2.05, 4.69) is 137 Å². The summed E-state index contributed by atoms with van der Waals surface area (Å²) >= 11 is 1.73. The fourth-order valence-electron chi connectivity index (χ4n) is 10.0. The fourth-order valence-corrected chi connectivity index (χ4v) is 11.0. The van der Waals surface area contributed by atoms with Gasteiger partial charge in [-0.3, -0.25) is 22.9 Å². The van der Waals surface area contributed by atoms with Crippen molar-refractivity contribution < 1.29 is 140 Å². The predicted octanol–water partition coefficient (Wildman–Crippen LogP) is 19.9. The monoisotopic (exact) mass is 2400 g/mol. The van der Waals surface area contributed by atoms with Crippen LogP contribution in [-0.2, 0) is 105 Å². The number of thiophene rings is 1. The number of carboxylic acid groups (broad SMARTS) is 1. The molecule has 9 heterocycles. The molecule has 0 saturated carbocycles. The van der Waals surface area contributed by atoms with Crippen molar-refractivity contribution in [1.29, 1.82) is 0 Å². The molecular formula is C88H68F3Ir5N11O4S-5. The van der Waals surface area contributed by atoms with Crippen LogP contribution in [-0.4, -0.2) is 71.0 Å². The van der Waals surface area contributed by atoms with Gasteiger partial charge in [-0.15, -0.1) is 94.4 Å². The van der Waals surface area contributed by atoms with E-state index in [1.54, 1.807) is 72.5 Å². The number of aliphatic hydroxyl groups excluding tert-OH is 1. The molecule has 24 heteroatoms. The number of fused-ring (bicyclic) bond motifs is 3. The van der Waals surface area contributed by atoms with E-state index in [-0.39, 0.29) is 153 Å². The summed E-state index contributed by atoms with van der Waals surface area (Å²) < 4.78 is 79.5. The van der Waals surface area contributed by atoms with Crippen LogP contribution in [0.3, 0.4) is 0 Å². The molecule has 2 N–H and O–H groups in total. The number of hydrogen-bond donors (Lipinski definition) is 2. The van der Waals surface area contributed by atoms with Crippen molar-refractivity contribution in [2.45, 2.75) is 13.8 Å². The number of aryl methyl sites for hydroxylation is 1. The third-order valence-electron chi connectivity index (χ3n) is 15.0. The Bertz CT molecular complexity index is 5600. The van der Waals surface area contributed by atoms with Crippen molar-refractivity contribution in [3.63, 3.8) is 0 Å². The average Bonchev–Trinajstić information content (AvgIpc) is 0.909. The molecule has 0 atom stereocenters. The van der Waals surface area contributed by atoms with E-state index in [0.29, 0.717) is 11.3 Å². The van der Waals surface area contributed by atoms with Crippen LogP contribution < -0.4 is 19.8 Å². The zero-order chi connectivity index (χ0) is 79.5. The first-order chi connectivity index (χ1) is 54.3. The van der Waals surface area contributed by atoms with Crippen molar-refractivity contribution in [3.05, 3.63) is 389 Å². The van der Waals surface area contributed by atoms with Gasteiger partial charge >= 0.3 is 26.1 Å². The second-order valence-corrected chi connectivity index (χ2v) is 23.7. The minimum absolute atomic E-state index is 0. The number of anilines is 4. The number of pyridine rings is 5. The van der Waals surface area contributed by atoms with Gasteiger partial charge in [-0.2, -0.15) is 49.7 Å². The molecule has 576 valence electrons. The molecule has 112 heavy (non-hydrogen) atoms. The van der Waals surface area contributed by atoms with Crippen molar-refractivity contribution in [2.75, 3.05) is 28.8 Å². The zero-order valence-corrected chi connectivity index (χ0v) is 72.4. The Kier molecular flexibility index (Phi) is 36.3. The second-order valence-electron chi connectivity index (χ2n) is 22.6. The third-order valence-corrected chi connectivity index (χ3v) is 16.1. The molecule has 2 aliphatic heterocycles. The van der Waals surface area contributed by atoms with Crippen molar-refractivity contribution in [1.82, 2.24) is 40.0 Å². The Labute approximate surface area is 728 Å². The summed E-state index contributed by atoms with van der Waals surface area (Å²) in [5.74, 6) is -2.68. The Morgan fingerprint density at radius 3 is 1.80 bits per heavy atom. The van der Waals surface area contributed by atoms with E-state index < -0.39 is 23.6 Å². The quantitative estimate of drug-likeness (QED) is 0.0791. The fraction of sp³-hybridized carbons (Fsp3) is 0.0455. The molecule has 15 nitrogen and oxygen atoms in total. The van der Waals surface area contributed by atoms with Crippen LogP contribution in [0.1, 0.15) is 29.8 Å². The Balaban J connectivity index is 0.000000245. The standard InChI is InChI=1S/C22H16N.C14H12N2.C13H8NS.C11H6F2N.C10H9FN2.C8H6N3.C6H5NO2.C4H6O2.5Ir/c1-16-14-22(23-15-21(16)18-8-3-2-4-9-18)20-13-7-11-17-10-5-6-12-19(17)20;1-15-11-16(12-7-3-2-4-8-12)14-10-6-5-9-13(14)15;1-2-7-12-10(5-1)9-13(15-12)11-6-3-4-8-14-11;12-8-4-5-9(10(13)7-8)11-3-1-2-6-14-11;1-12-6-7-13(8-12)10-4-2-9(11)3-5-10;1-2-5-9-7(3-1)8-4-6-10-11-8;8-6(9)5-3-1-2-4-7-5;1-4(6)2-3-5;;;;;/h2-12,14-15H,1H3;2-7,9-11H,1H3;1-8H;1-4,6-7H;2-4,6-8H,1H3;1-6H;1-4H,(H,8,9);2-3,5H,1H3;;;;;/q-1;-2;2*-1;-2;-1;;;;;;;+3/i2D,3D,4D,8D,9D;;;;;;;;;;;;. The molecule has 2 aliphatic rings. The van der Waals surface area contributed by atoms with Gasteiger partial charge in [0, 0.05) is 169 Å². The van der Waals surface area contributed by atoms with E-state index in [0.717, 1.165) is 85.4 Å². The van der Waals surface area contributed by atoms with Crippen LogP contribution in [0.5, 0.6) is 0 Å². The van der Waals surface area contributed by atoms with Gasteiger partial charge < -0.3 is 55.0 Å². The number of rotatable bonds is 9. The molecule has 4 radical (unpaired) electrons. The molecule has 0 aliphatic carbocycles. The largest absolute Gasteiger partial charge is 3.00 e. The number of hydrogen-bond acceptors (Lipinski definition) is 14. The maximum atomic E-state index is 13.2. The molecule has 15 aromatic rings. The van der Waals surface area contributed by atoms with Crippen LogP contribution in [0.4, 0.5) is 35.9 Å². The minimum atomic E-state index is -0.990. The smallest absolute Gasteiger partial charge is 0.574 e.